The van der Waals surface area contributed by atoms with Crippen molar-refractivity contribution in [3.8, 4) is 28.1 Å². The molecule has 0 amide bonds. The van der Waals surface area contributed by atoms with Crippen molar-refractivity contribution in [1.82, 2.24) is 14.1 Å². The van der Waals surface area contributed by atoms with E-state index in [4.69, 9.17) is 9.72 Å². The number of rotatable bonds is 6. The molecule has 1 saturated heterocycles. The fourth-order valence-corrected chi connectivity index (χ4v) is 5.42. The molecular formula is C31H27F3N4O2. The lowest BCUT2D eigenvalue weighted by atomic mass is 9.99. The third kappa shape index (κ3) is 5.12. The average Bonchev–Trinajstić information content (AvgIpc) is 3.29. The minimum Gasteiger partial charge on any atom is -0.406 e. The van der Waals surface area contributed by atoms with Crippen LogP contribution in [0.15, 0.2) is 91.3 Å². The Hall–Kier alpha value is -4.37. The predicted molar refractivity (Wildman–Crippen MR) is 146 cm³/mol. The molecule has 3 heterocycles. The highest BCUT2D eigenvalue weighted by atomic mass is 19.4. The van der Waals surface area contributed by atoms with Gasteiger partial charge in [0, 0.05) is 31.4 Å². The molecule has 9 heteroatoms. The fraction of sp³-hybridized carbons (Fsp3) is 0.226. The fourth-order valence-electron chi connectivity index (χ4n) is 5.42. The molecule has 0 radical (unpaired) electrons. The number of hydrogen-bond donors (Lipinski definition) is 1. The summed E-state index contributed by atoms with van der Waals surface area (Å²) in [6, 6.07) is 25.9. The van der Waals surface area contributed by atoms with Crippen LogP contribution in [0.5, 0.6) is 5.75 Å². The summed E-state index contributed by atoms with van der Waals surface area (Å²) in [4.78, 5) is 4.90. The summed E-state index contributed by atoms with van der Waals surface area (Å²) in [5.41, 5.74) is 5.49. The summed E-state index contributed by atoms with van der Waals surface area (Å²) in [5.74, 6) is -0.272. The van der Waals surface area contributed by atoms with Gasteiger partial charge < -0.3 is 18.6 Å². The van der Waals surface area contributed by atoms with E-state index in [0.717, 1.165) is 46.2 Å². The Kier molecular flexibility index (Phi) is 6.89. The van der Waals surface area contributed by atoms with E-state index in [2.05, 4.69) is 9.30 Å². The number of alkyl halides is 3. The molecule has 2 aromatic heterocycles. The Labute approximate surface area is 228 Å². The molecule has 204 valence electrons. The Morgan fingerprint density at radius 3 is 2.12 bits per heavy atom. The molecule has 1 fully saturated rings. The Morgan fingerprint density at radius 1 is 0.875 bits per heavy atom. The van der Waals surface area contributed by atoms with Crippen molar-refractivity contribution in [2.24, 2.45) is 0 Å². The van der Waals surface area contributed by atoms with E-state index in [0.29, 0.717) is 30.9 Å². The van der Waals surface area contributed by atoms with Crippen LogP contribution < -0.4 is 10.2 Å². The van der Waals surface area contributed by atoms with Crippen molar-refractivity contribution in [3.63, 3.8) is 0 Å². The number of halogens is 3. The number of nitrogens with one attached hydrogen (secondary N) is 1. The van der Waals surface area contributed by atoms with Crippen LogP contribution in [0, 0.1) is 5.41 Å². The van der Waals surface area contributed by atoms with E-state index >= 15 is 0 Å². The summed E-state index contributed by atoms with van der Waals surface area (Å²) in [6.45, 7) is 1.63. The molecule has 40 heavy (non-hydrogen) atoms. The normalized spacial score (nSPS) is 14.5. The van der Waals surface area contributed by atoms with Crippen molar-refractivity contribution in [2.45, 2.75) is 31.8 Å². The van der Waals surface area contributed by atoms with Crippen molar-refractivity contribution in [2.75, 3.05) is 13.2 Å². The number of benzene rings is 3. The van der Waals surface area contributed by atoms with Crippen LogP contribution in [0.4, 0.5) is 13.2 Å². The zero-order valence-corrected chi connectivity index (χ0v) is 21.6. The van der Waals surface area contributed by atoms with E-state index in [-0.39, 0.29) is 11.8 Å². The van der Waals surface area contributed by atoms with Crippen LogP contribution in [0.25, 0.3) is 33.4 Å². The van der Waals surface area contributed by atoms with Gasteiger partial charge >= 0.3 is 6.36 Å². The van der Waals surface area contributed by atoms with Crippen LogP contribution in [0.1, 0.15) is 24.4 Å². The largest absolute Gasteiger partial charge is 0.573 e. The molecule has 0 unspecified atom stereocenters. The van der Waals surface area contributed by atoms with Crippen LogP contribution in [0.2, 0.25) is 0 Å². The zero-order valence-electron chi connectivity index (χ0n) is 21.6. The second-order valence-electron chi connectivity index (χ2n) is 9.78. The maximum absolute atomic E-state index is 12.7. The van der Waals surface area contributed by atoms with E-state index in [1.54, 1.807) is 18.5 Å². The Bertz CT molecular complexity index is 1670. The van der Waals surface area contributed by atoms with Gasteiger partial charge in [-0.25, -0.2) is 4.98 Å². The quantitative estimate of drug-likeness (QED) is 0.252. The standard InChI is InChI=1S/C31H27F3N4O2/c32-31(33,34)40-25-13-11-21(12-14-25)19-37-28(23-9-5-2-6-10-23)26(22-7-3-1-4-8-22)27-29(35)38(20-36-30(27)37)24-15-17-39-18-16-24/h1-14,20,24,35H,15-19H2. The van der Waals surface area contributed by atoms with Crippen molar-refractivity contribution in [1.29, 1.82) is 5.41 Å². The molecule has 6 rings (SSSR count). The highest BCUT2D eigenvalue weighted by Crippen LogP contribution is 2.40. The summed E-state index contributed by atoms with van der Waals surface area (Å²) in [5, 5.41) is 10.1. The SMILES string of the molecule is N=c1c2c(-c3ccccc3)c(-c3ccccc3)n(Cc3ccc(OC(F)(F)F)cc3)c2ncn1C1CCOCC1. The molecule has 5 aromatic rings. The maximum atomic E-state index is 12.7. The third-order valence-electron chi connectivity index (χ3n) is 7.23. The van der Waals surface area contributed by atoms with Crippen LogP contribution in [-0.4, -0.2) is 33.7 Å². The Morgan fingerprint density at radius 2 is 1.50 bits per heavy atom. The zero-order chi connectivity index (χ0) is 27.7. The topological polar surface area (TPSA) is 65.1 Å². The number of fused-ring (bicyclic) bond motifs is 1. The lowest BCUT2D eigenvalue weighted by Gasteiger charge is -2.24. The summed E-state index contributed by atoms with van der Waals surface area (Å²) >= 11 is 0. The van der Waals surface area contributed by atoms with Crippen molar-refractivity contribution in [3.05, 3.63) is 102 Å². The van der Waals surface area contributed by atoms with Crippen LogP contribution in [-0.2, 0) is 11.3 Å². The number of hydrogen-bond acceptors (Lipinski definition) is 4. The molecule has 0 aliphatic carbocycles. The van der Waals surface area contributed by atoms with Crippen molar-refractivity contribution < 1.29 is 22.6 Å². The van der Waals surface area contributed by atoms with Gasteiger partial charge in [-0.15, -0.1) is 13.2 Å². The van der Waals surface area contributed by atoms with Gasteiger partial charge in [-0.05, 0) is 41.7 Å². The third-order valence-corrected chi connectivity index (χ3v) is 7.23. The first kappa shape index (κ1) is 25.9. The predicted octanol–water partition coefficient (Wildman–Crippen LogP) is 6.95. The molecule has 6 nitrogen and oxygen atoms in total. The molecule has 0 atom stereocenters. The minimum atomic E-state index is -4.75. The molecule has 1 aliphatic heterocycles. The summed E-state index contributed by atoms with van der Waals surface area (Å²) < 4.78 is 51.7. The maximum Gasteiger partial charge on any atom is 0.573 e. The second-order valence-corrected chi connectivity index (χ2v) is 9.78. The highest BCUT2D eigenvalue weighted by Gasteiger charge is 2.31. The second kappa shape index (κ2) is 10.7. The first-order chi connectivity index (χ1) is 19.4. The van der Waals surface area contributed by atoms with Gasteiger partial charge in [0.05, 0.1) is 17.4 Å². The van der Waals surface area contributed by atoms with Gasteiger partial charge in [0.15, 0.2) is 0 Å². The number of nitrogens with zero attached hydrogens (tertiary/aromatic N) is 3. The highest BCUT2D eigenvalue weighted by molar-refractivity contribution is 6.02. The Balaban J connectivity index is 1.58. The smallest absolute Gasteiger partial charge is 0.406 e. The van der Waals surface area contributed by atoms with Gasteiger partial charge in [-0.3, -0.25) is 5.41 Å². The van der Waals surface area contributed by atoms with E-state index in [1.807, 2.05) is 65.2 Å². The summed E-state index contributed by atoms with van der Waals surface area (Å²) in [6.07, 6.45) is -1.40. The number of aromatic nitrogens is 3. The van der Waals surface area contributed by atoms with Crippen LogP contribution >= 0.6 is 0 Å². The van der Waals surface area contributed by atoms with E-state index < -0.39 is 6.36 Å². The lowest BCUT2D eigenvalue weighted by molar-refractivity contribution is -0.274. The molecular weight excluding hydrogens is 517 g/mol. The molecule has 0 bridgehead atoms. The molecule has 0 saturated carbocycles. The van der Waals surface area contributed by atoms with Gasteiger partial charge in [-0.1, -0.05) is 72.8 Å². The first-order valence-corrected chi connectivity index (χ1v) is 13.1. The molecule has 1 aliphatic rings. The van der Waals surface area contributed by atoms with Crippen molar-refractivity contribution >= 4 is 11.0 Å². The molecule has 3 aromatic carbocycles. The summed E-state index contributed by atoms with van der Waals surface area (Å²) in [7, 11) is 0. The number of ether oxygens (including phenoxy) is 2. The molecule has 0 spiro atoms. The van der Waals surface area contributed by atoms with Gasteiger partial charge in [0.1, 0.15) is 16.9 Å². The van der Waals surface area contributed by atoms with Gasteiger partial charge in [0.2, 0.25) is 0 Å². The minimum absolute atomic E-state index is 0.117. The van der Waals surface area contributed by atoms with E-state index in [1.165, 1.54) is 12.1 Å². The monoisotopic (exact) mass is 544 g/mol. The van der Waals surface area contributed by atoms with Gasteiger partial charge in [0.25, 0.3) is 0 Å². The molecule has 1 N–H and O–H groups in total. The first-order valence-electron chi connectivity index (χ1n) is 13.1. The van der Waals surface area contributed by atoms with Gasteiger partial charge in [-0.2, -0.15) is 0 Å². The average molecular weight is 545 g/mol. The lowest BCUT2D eigenvalue weighted by Crippen LogP contribution is -2.29. The van der Waals surface area contributed by atoms with Crippen LogP contribution in [0.3, 0.4) is 0 Å². The van der Waals surface area contributed by atoms with E-state index in [9.17, 15) is 18.6 Å².